The van der Waals surface area contributed by atoms with Gasteiger partial charge in [0.05, 0.1) is 5.69 Å². The number of rotatable bonds is 9. The number of thioether (sulfide) groups is 1. The van der Waals surface area contributed by atoms with Crippen LogP contribution in [0.5, 0.6) is 5.75 Å². The summed E-state index contributed by atoms with van der Waals surface area (Å²) >= 11 is 1.64. The SMILES string of the molecule is CSc1ccc(C(=O)c2cccn2C/C=C/c2cccc(O[C@@H](C)C(=O)O)c2)cc1. The molecule has 0 aliphatic rings. The number of aliphatic carboxylic acids is 1. The first-order valence-electron chi connectivity index (χ1n) is 9.48. The Kier molecular flexibility index (Phi) is 7.14. The number of hydrogen-bond acceptors (Lipinski definition) is 4. The summed E-state index contributed by atoms with van der Waals surface area (Å²) in [5, 5.41) is 8.97. The number of ether oxygens (including phenoxy) is 1. The van der Waals surface area contributed by atoms with Crippen LogP contribution in [0, 0.1) is 0 Å². The van der Waals surface area contributed by atoms with E-state index >= 15 is 0 Å². The molecule has 6 heteroatoms. The molecule has 0 unspecified atom stereocenters. The number of benzene rings is 2. The fourth-order valence-electron chi connectivity index (χ4n) is 2.92. The van der Waals surface area contributed by atoms with Gasteiger partial charge in [0.15, 0.2) is 6.10 Å². The number of carbonyl (C=O) groups excluding carboxylic acids is 1. The third-order valence-corrected chi connectivity index (χ3v) is 5.29. The predicted molar refractivity (Wildman–Crippen MR) is 119 cm³/mol. The minimum atomic E-state index is -1.01. The maximum atomic E-state index is 12.8. The van der Waals surface area contributed by atoms with E-state index in [1.54, 1.807) is 23.9 Å². The molecule has 0 radical (unpaired) electrons. The summed E-state index contributed by atoms with van der Waals surface area (Å²) in [6.45, 7) is 2.03. The summed E-state index contributed by atoms with van der Waals surface area (Å²) < 4.78 is 7.30. The maximum Gasteiger partial charge on any atom is 0.344 e. The molecule has 30 heavy (non-hydrogen) atoms. The molecule has 0 saturated heterocycles. The number of carboxylic acids is 1. The van der Waals surface area contributed by atoms with E-state index in [1.807, 2.05) is 77.7 Å². The van der Waals surface area contributed by atoms with Gasteiger partial charge in [0.25, 0.3) is 0 Å². The smallest absolute Gasteiger partial charge is 0.344 e. The van der Waals surface area contributed by atoms with Gasteiger partial charge in [0.1, 0.15) is 5.75 Å². The van der Waals surface area contributed by atoms with Gasteiger partial charge in [-0.1, -0.05) is 24.3 Å². The lowest BCUT2D eigenvalue weighted by Gasteiger charge is -2.10. The van der Waals surface area contributed by atoms with Gasteiger partial charge in [-0.15, -0.1) is 11.8 Å². The van der Waals surface area contributed by atoms with Gasteiger partial charge in [-0.3, -0.25) is 4.79 Å². The van der Waals surface area contributed by atoms with Crippen LogP contribution in [0.2, 0.25) is 0 Å². The zero-order chi connectivity index (χ0) is 21.5. The van der Waals surface area contributed by atoms with Gasteiger partial charge >= 0.3 is 5.97 Å². The summed E-state index contributed by atoms with van der Waals surface area (Å²) in [4.78, 5) is 24.9. The van der Waals surface area contributed by atoms with Crippen LogP contribution in [-0.4, -0.2) is 33.8 Å². The molecule has 1 heterocycles. The van der Waals surface area contributed by atoms with Gasteiger partial charge in [-0.25, -0.2) is 4.79 Å². The van der Waals surface area contributed by atoms with E-state index in [1.165, 1.54) is 6.92 Å². The minimum absolute atomic E-state index is 0.0147. The predicted octanol–water partition coefficient (Wildman–Crippen LogP) is 5.01. The zero-order valence-electron chi connectivity index (χ0n) is 16.8. The topological polar surface area (TPSA) is 68.5 Å². The van der Waals surface area contributed by atoms with Crippen molar-refractivity contribution in [1.82, 2.24) is 4.57 Å². The van der Waals surface area contributed by atoms with Crippen LogP contribution in [0.15, 0.2) is 77.8 Å². The molecule has 154 valence electrons. The van der Waals surface area contributed by atoms with Gasteiger partial charge in [0, 0.05) is 23.2 Å². The van der Waals surface area contributed by atoms with Crippen LogP contribution in [0.4, 0.5) is 0 Å². The molecule has 2 aromatic carbocycles. The fourth-order valence-corrected chi connectivity index (χ4v) is 3.33. The highest BCUT2D eigenvalue weighted by molar-refractivity contribution is 7.98. The number of hydrogen-bond donors (Lipinski definition) is 1. The van der Waals surface area contributed by atoms with E-state index < -0.39 is 12.1 Å². The van der Waals surface area contributed by atoms with Gasteiger partial charge in [-0.05, 0) is 67.3 Å². The molecule has 3 rings (SSSR count). The maximum absolute atomic E-state index is 12.8. The second kappa shape index (κ2) is 9.98. The van der Waals surface area contributed by atoms with Gasteiger partial charge < -0.3 is 14.4 Å². The van der Waals surface area contributed by atoms with Crippen molar-refractivity contribution in [3.05, 3.63) is 89.8 Å². The molecule has 0 fully saturated rings. The number of carboxylic acid groups (broad SMARTS) is 1. The summed E-state index contributed by atoms with van der Waals surface area (Å²) in [7, 11) is 0. The Bertz CT molecular complexity index is 1050. The van der Waals surface area contributed by atoms with Crippen LogP contribution >= 0.6 is 11.8 Å². The van der Waals surface area contributed by atoms with E-state index in [2.05, 4.69) is 0 Å². The number of ketones is 1. The molecule has 0 amide bonds. The first kappa shape index (κ1) is 21.5. The minimum Gasteiger partial charge on any atom is -0.479 e. The van der Waals surface area contributed by atoms with Crippen molar-refractivity contribution < 1.29 is 19.4 Å². The first-order valence-corrected chi connectivity index (χ1v) is 10.7. The molecule has 1 N–H and O–H groups in total. The normalized spacial score (nSPS) is 12.1. The highest BCUT2D eigenvalue weighted by Gasteiger charge is 2.13. The lowest BCUT2D eigenvalue weighted by molar-refractivity contribution is -0.144. The van der Waals surface area contributed by atoms with E-state index in [-0.39, 0.29) is 5.78 Å². The Morgan fingerprint density at radius 3 is 2.60 bits per heavy atom. The molecule has 0 aliphatic carbocycles. The number of nitrogens with zero attached hydrogens (tertiary/aromatic N) is 1. The Morgan fingerprint density at radius 1 is 1.13 bits per heavy atom. The van der Waals surface area contributed by atoms with Crippen molar-refractivity contribution in [1.29, 1.82) is 0 Å². The number of carbonyl (C=O) groups is 2. The monoisotopic (exact) mass is 421 g/mol. The molecule has 0 bridgehead atoms. The summed E-state index contributed by atoms with van der Waals surface area (Å²) in [5.41, 5.74) is 2.18. The summed E-state index contributed by atoms with van der Waals surface area (Å²) in [6.07, 6.45) is 6.83. The van der Waals surface area contributed by atoms with Crippen molar-refractivity contribution in [2.75, 3.05) is 6.26 Å². The molecular weight excluding hydrogens is 398 g/mol. The number of allylic oxidation sites excluding steroid dienone is 1. The average molecular weight is 422 g/mol. The van der Waals surface area contributed by atoms with Crippen molar-refractivity contribution in [3.8, 4) is 5.75 Å². The lowest BCUT2D eigenvalue weighted by atomic mass is 10.1. The molecule has 1 atom stereocenters. The van der Waals surface area contributed by atoms with E-state index in [9.17, 15) is 9.59 Å². The average Bonchev–Trinajstić information content (AvgIpc) is 3.22. The second-order valence-corrected chi connectivity index (χ2v) is 7.56. The Labute approximate surface area is 180 Å². The molecule has 0 saturated carbocycles. The van der Waals surface area contributed by atoms with E-state index in [4.69, 9.17) is 9.84 Å². The van der Waals surface area contributed by atoms with Gasteiger partial charge in [-0.2, -0.15) is 0 Å². The zero-order valence-corrected chi connectivity index (χ0v) is 17.6. The van der Waals surface area contributed by atoms with Crippen LogP contribution in [0.3, 0.4) is 0 Å². The highest BCUT2D eigenvalue weighted by Crippen LogP contribution is 2.19. The Balaban J connectivity index is 1.68. The molecule has 0 aliphatic heterocycles. The van der Waals surface area contributed by atoms with Crippen LogP contribution in [0.1, 0.15) is 28.5 Å². The standard InChI is InChI=1S/C24H23NO4S/c1-17(24(27)28)29-20-8-3-6-18(16-20)7-4-14-25-15-5-9-22(25)23(26)19-10-12-21(30-2)13-11-19/h3-13,15-17H,14H2,1-2H3,(H,27,28)/b7-4+/t17-/m0/s1. The van der Waals surface area contributed by atoms with Gasteiger partial charge in [0.2, 0.25) is 5.78 Å². The van der Waals surface area contributed by atoms with Crippen molar-refractivity contribution >= 4 is 29.6 Å². The molecule has 0 spiro atoms. The molecule has 3 aromatic rings. The van der Waals surface area contributed by atoms with Crippen molar-refractivity contribution in [3.63, 3.8) is 0 Å². The Morgan fingerprint density at radius 2 is 1.90 bits per heavy atom. The Hall–Kier alpha value is -3.25. The van der Waals surface area contributed by atoms with Crippen molar-refractivity contribution in [2.24, 2.45) is 0 Å². The van der Waals surface area contributed by atoms with E-state index in [0.717, 1.165) is 10.5 Å². The third kappa shape index (κ3) is 5.42. The van der Waals surface area contributed by atoms with Crippen LogP contribution < -0.4 is 4.74 Å². The van der Waals surface area contributed by atoms with Crippen LogP contribution in [0.25, 0.3) is 6.08 Å². The van der Waals surface area contributed by atoms with E-state index in [0.29, 0.717) is 23.6 Å². The van der Waals surface area contributed by atoms with Crippen molar-refractivity contribution in [2.45, 2.75) is 24.5 Å². The van der Waals surface area contributed by atoms with Crippen LogP contribution in [-0.2, 0) is 11.3 Å². The quantitative estimate of drug-likeness (QED) is 0.389. The summed E-state index contributed by atoms with van der Waals surface area (Å²) in [6, 6.07) is 18.5. The largest absolute Gasteiger partial charge is 0.479 e. The molecule has 5 nitrogen and oxygen atoms in total. The summed E-state index contributed by atoms with van der Waals surface area (Å²) in [5.74, 6) is -0.527. The highest BCUT2D eigenvalue weighted by atomic mass is 32.2. The third-order valence-electron chi connectivity index (χ3n) is 4.55. The molecule has 1 aromatic heterocycles. The lowest BCUT2D eigenvalue weighted by Crippen LogP contribution is -2.22. The number of aromatic nitrogens is 1. The second-order valence-electron chi connectivity index (χ2n) is 6.68. The first-order chi connectivity index (χ1) is 14.5. The fraction of sp³-hybridized carbons (Fsp3) is 0.167. The molecular formula is C24H23NO4S.